The summed E-state index contributed by atoms with van der Waals surface area (Å²) < 4.78 is 0. The fourth-order valence-corrected chi connectivity index (χ4v) is 3.60. The van der Waals surface area contributed by atoms with Crippen molar-refractivity contribution < 1.29 is 9.90 Å². The predicted molar refractivity (Wildman–Crippen MR) is 72.6 cm³/mol. The van der Waals surface area contributed by atoms with Crippen LogP contribution in [0.2, 0.25) is 0 Å². The number of hydrogen-bond acceptors (Lipinski definition) is 2. The van der Waals surface area contributed by atoms with Crippen molar-refractivity contribution >= 4 is 5.97 Å². The van der Waals surface area contributed by atoms with Crippen LogP contribution in [0.1, 0.15) is 59.3 Å². The quantitative estimate of drug-likeness (QED) is 0.836. The third kappa shape index (κ3) is 3.25. The maximum Gasteiger partial charge on any atom is 0.317 e. The average molecular weight is 253 g/mol. The van der Waals surface area contributed by atoms with Crippen LogP contribution in [0.4, 0.5) is 0 Å². The molecule has 2 unspecified atom stereocenters. The summed E-state index contributed by atoms with van der Waals surface area (Å²) in [5, 5.41) is 9.14. The molecular formula is C15H27NO2. The van der Waals surface area contributed by atoms with E-state index in [4.69, 9.17) is 5.11 Å². The molecule has 2 rings (SSSR count). The SMILES string of the molecule is CC(C)(C)C1CCCCC1N(CC(=O)O)C1CC1. The Kier molecular flexibility index (Phi) is 4.00. The summed E-state index contributed by atoms with van der Waals surface area (Å²) in [5.41, 5.74) is 0.288. The lowest BCUT2D eigenvalue weighted by Gasteiger charge is -2.45. The molecule has 0 radical (unpaired) electrons. The molecule has 3 nitrogen and oxygen atoms in total. The van der Waals surface area contributed by atoms with Gasteiger partial charge < -0.3 is 5.11 Å². The molecule has 0 aromatic carbocycles. The van der Waals surface area contributed by atoms with E-state index in [9.17, 15) is 4.79 Å². The molecule has 0 aliphatic heterocycles. The molecule has 18 heavy (non-hydrogen) atoms. The highest BCUT2D eigenvalue weighted by Gasteiger charge is 2.42. The first kappa shape index (κ1) is 13.9. The van der Waals surface area contributed by atoms with Crippen molar-refractivity contribution in [1.82, 2.24) is 4.90 Å². The van der Waals surface area contributed by atoms with Crippen molar-refractivity contribution in [3.05, 3.63) is 0 Å². The molecule has 2 fully saturated rings. The maximum atomic E-state index is 11.1. The molecule has 3 heteroatoms. The van der Waals surface area contributed by atoms with Crippen LogP contribution in [0.25, 0.3) is 0 Å². The van der Waals surface area contributed by atoms with E-state index in [-0.39, 0.29) is 12.0 Å². The molecule has 2 aliphatic rings. The highest BCUT2D eigenvalue weighted by molar-refractivity contribution is 5.69. The van der Waals surface area contributed by atoms with Crippen LogP contribution in [0, 0.1) is 11.3 Å². The van der Waals surface area contributed by atoms with Crippen LogP contribution in [0.5, 0.6) is 0 Å². The number of carboxylic acids is 1. The smallest absolute Gasteiger partial charge is 0.317 e. The van der Waals surface area contributed by atoms with Gasteiger partial charge in [0.25, 0.3) is 0 Å². The summed E-state index contributed by atoms with van der Waals surface area (Å²) in [6.07, 6.45) is 7.41. The molecule has 2 aliphatic carbocycles. The number of rotatable bonds is 4. The topological polar surface area (TPSA) is 40.5 Å². The average Bonchev–Trinajstić information content (AvgIpc) is 3.08. The molecule has 0 spiro atoms. The van der Waals surface area contributed by atoms with Gasteiger partial charge in [0.15, 0.2) is 0 Å². The Balaban J connectivity index is 2.12. The van der Waals surface area contributed by atoms with Gasteiger partial charge in [-0.15, -0.1) is 0 Å². The minimum absolute atomic E-state index is 0.238. The lowest BCUT2D eigenvalue weighted by Crippen LogP contribution is -2.49. The standard InChI is InChI=1S/C15H27NO2/c1-15(2,3)12-6-4-5-7-13(12)16(10-14(17)18)11-8-9-11/h11-13H,4-10H2,1-3H3,(H,17,18). The van der Waals surface area contributed by atoms with E-state index in [0.29, 0.717) is 18.0 Å². The van der Waals surface area contributed by atoms with E-state index in [0.717, 1.165) is 0 Å². The summed E-state index contributed by atoms with van der Waals surface area (Å²) in [5.74, 6) is -0.0219. The highest BCUT2D eigenvalue weighted by atomic mass is 16.4. The first-order chi connectivity index (χ1) is 8.39. The zero-order valence-corrected chi connectivity index (χ0v) is 12.0. The van der Waals surface area contributed by atoms with E-state index in [1.165, 1.54) is 38.5 Å². The summed E-state index contributed by atoms with van der Waals surface area (Å²) in [4.78, 5) is 13.4. The van der Waals surface area contributed by atoms with E-state index >= 15 is 0 Å². The summed E-state index contributed by atoms with van der Waals surface area (Å²) in [7, 11) is 0. The van der Waals surface area contributed by atoms with Crippen LogP contribution in [-0.4, -0.2) is 34.6 Å². The van der Waals surface area contributed by atoms with Crippen molar-refractivity contribution in [2.75, 3.05) is 6.54 Å². The van der Waals surface area contributed by atoms with Crippen molar-refractivity contribution in [3.8, 4) is 0 Å². The first-order valence-electron chi connectivity index (χ1n) is 7.37. The van der Waals surface area contributed by atoms with Gasteiger partial charge in [-0.1, -0.05) is 33.6 Å². The van der Waals surface area contributed by atoms with Gasteiger partial charge in [0.1, 0.15) is 0 Å². The van der Waals surface area contributed by atoms with Gasteiger partial charge in [-0.3, -0.25) is 9.69 Å². The zero-order valence-electron chi connectivity index (χ0n) is 12.0. The second-order valence-electron chi connectivity index (χ2n) is 7.12. The van der Waals surface area contributed by atoms with Crippen LogP contribution < -0.4 is 0 Å². The summed E-state index contributed by atoms with van der Waals surface area (Å²) >= 11 is 0. The normalized spacial score (nSPS) is 29.6. The molecule has 2 saturated carbocycles. The Morgan fingerprint density at radius 2 is 1.78 bits per heavy atom. The molecule has 0 heterocycles. The molecule has 0 amide bonds. The molecule has 0 saturated heterocycles. The minimum atomic E-state index is -0.667. The molecule has 2 atom stereocenters. The van der Waals surface area contributed by atoms with Gasteiger partial charge in [-0.05, 0) is 37.0 Å². The lowest BCUT2D eigenvalue weighted by molar-refractivity contribution is -0.140. The largest absolute Gasteiger partial charge is 0.480 e. The number of hydrogen-bond donors (Lipinski definition) is 1. The Morgan fingerprint density at radius 1 is 1.17 bits per heavy atom. The monoisotopic (exact) mass is 253 g/mol. The fraction of sp³-hybridized carbons (Fsp3) is 0.933. The van der Waals surface area contributed by atoms with Crippen molar-refractivity contribution in [2.45, 2.75) is 71.4 Å². The third-order valence-corrected chi connectivity index (χ3v) is 4.60. The van der Waals surface area contributed by atoms with E-state index < -0.39 is 5.97 Å². The van der Waals surface area contributed by atoms with E-state index in [1.54, 1.807) is 0 Å². The first-order valence-corrected chi connectivity index (χ1v) is 7.37. The molecule has 0 aromatic heterocycles. The van der Waals surface area contributed by atoms with Crippen molar-refractivity contribution in [2.24, 2.45) is 11.3 Å². The maximum absolute atomic E-state index is 11.1. The molecular weight excluding hydrogens is 226 g/mol. The van der Waals surface area contributed by atoms with E-state index in [1.807, 2.05) is 0 Å². The molecule has 1 N–H and O–H groups in total. The number of nitrogens with zero attached hydrogens (tertiary/aromatic N) is 1. The number of carboxylic acid groups (broad SMARTS) is 1. The predicted octanol–water partition coefficient (Wildman–Crippen LogP) is 3.14. The van der Waals surface area contributed by atoms with Gasteiger partial charge in [0, 0.05) is 12.1 Å². The van der Waals surface area contributed by atoms with Gasteiger partial charge in [-0.2, -0.15) is 0 Å². The van der Waals surface area contributed by atoms with Gasteiger partial charge >= 0.3 is 5.97 Å². The Hall–Kier alpha value is -0.570. The summed E-state index contributed by atoms with van der Waals surface area (Å²) in [6, 6.07) is 1.04. The Labute approximate surface area is 111 Å². The van der Waals surface area contributed by atoms with Crippen molar-refractivity contribution in [3.63, 3.8) is 0 Å². The zero-order chi connectivity index (χ0) is 13.3. The second-order valence-corrected chi connectivity index (χ2v) is 7.12. The number of carbonyl (C=O) groups is 1. The highest BCUT2D eigenvalue weighted by Crippen LogP contribution is 2.43. The van der Waals surface area contributed by atoms with Crippen LogP contribution in [-0.2, 0) is 4.79 Å². The van der Waals surface area contributed by atoms with Gasteiger partial charge in [-0.25, -0.2) is 0 Å². The van der Waals surface area contributed by atoms with Crippen LogP contribution >= 0.6 is 0 Å². The minimum Gasteiger partial charge on any atom is -0.480 e. The summed E-state index contributed by atoms with van der Waals surface area (Å²) in [6.45, 7) is 7.16. The third-order valence-electron chi connectivity index (χ3n) is 4.60. The lowest BCUT2D eigenvalue weighted by atomic mass is 9.69. The molecule has 0 aromatic rings. The van der Waals surface area contributed by atoms with Crippen molar-refractivity contribution in [1.29, 1.82) is 0 Å². The Morgan fingerprint density at radius 3 is 2.28 bits per heavy atom. The van der Waals surface area contributed by atoms with E-state index in [2.05, 4.69) is 25.7 Å². The van der Waals surface area contributed by atoms with Gasteiger partial charge in [0.2, 0.25) is 0 Å². The van der Waals surface area contributed by atoms with Crippen LogP contribution in [0.3, 0.4) is 0 Å². The van der Waals surface area contributed by atoms with Gasteiger partial charge in [0.05, 0.1) is 6.54 Å². The fourth-order valence-electron chi connectivity index (χ4n) is 3.60. The number of aliphatic carboxylic acids is 1. The second kappa shape index (κ2) is 5.20. The van der Waals surface area contributed by atoms with Crippen LogP contribution in [0.15, 0.2) is 0 Å². The molecule has 0 bridgehead atoms. The Bertz CT molecular complexity index is 304. The molecule has 104 valence electrons.